The number of carbonyl (C=O) groups excluding carboxylic acids is 1. The fourth-order valence-corrected chi connectivity index (χ4v) is 4.05. The number of hydrogen-bond acceptors (Lipinski definition) is 4. The summed E-state index contributed by atoms with van der Waals surface area (Å²) in [5.41, 5.74) is 2.49. The number of halogens is 3. The Labute approximate surface area is 180 Å². The number of amides is 1. The van der Waals surface area contributed by atoms with E-state index in [1.165, 1.54) is 24.3 Å². The Morgan fingerprint density at radius 2 is 1.88 bits per heavy atom. The summed E-state index contributed by atoms with van der Waals surface area (Å²) in [6, 6.07) is 8.92. The zero-order valence-electron chi connectivity index (χ0n) is 16.9. The van der Waals surface area contributed by atoms with Gasteiger partial charge in [0.2, 0.25) is 0 Å². The number of nitrogens with zero attached hydrogens (tertiary/aromatic N) is 4. The molecule has 0 spiro atoms. The molecular weight excluding hydrogens is 421 g/mol. The minimum Gasteiger partial charge on any atom is -0.355 e. The van der Waals surface area contributed by atoms with Crippen molar-refractivity contribution in [1.29, 1.82) is 0 Å². The van der Waals surface area contributed by atoms with Gasteiger partial charge in [-0.15, -0.1) is 0 Å². The van der Waals surface area contributed by atoms with Crippen molar-refractivity contribution in [3.05, 3.63) is 94.7 Å². The van der Waals surface area contributed by atoms with E-state index in [1.54, 1.807) is 28.9 Å². The maximum absolute atomic E-state index is 14.1. The van der Waals surface area contributed by atoms with Crippen molar-refractivity contribution in [3.63, 3.8) is 0 Å². The van der Waals surface area contributed by atoms with Crippen LogP contribution in [0.4, 0.5) is 13.2 Å². The predicted octanol–water partition coefficient (Wildman–Crippen LogP) is 4.28. The van der Waals surface area contributed by atoms with Crippen LogP contribution < -0.4 is 0 Å². The maximum atomic E-state index is 14.1. The maximum Gasteiger partial charge on any atom is 0.276 e. The van der Waals surface area contributed by atoms with Gasteiger partial charge in [-0.05, 0) is 41.0 Å². The molecule has 0 fully saturated rings. The monoisotopic (exact) mass is 438 g/mol. The van der Waals surface area contributed by atoms with Gasteiger partial charge in [-0.2, -0.15) is 5.10 Å². The van der Waals surface area contributed by atoms with Gasteiger partial charge in [0.05, 0.1) is 11.8 Å². The third kappa shape index (κ3) is 3.55. The predicted molar refractivity (Wildman–Crippen MR) is 108 cm³/mol. The third-order valence-corrected chi connectivity index (χ3v) is 5.58. The SMILES string of the molecule is Cn1cc(C2CN(C(=O)c3cc(-c4ccc(F)cc4F)on3)Cc3cc(F)ccc32)cn1. The summed E-state index contributed by atoms with van der Waals surface area (Å²) in [5, 5.41) is 8.00. The molecule has 0 radical (unpaired) electrons. The molecule has 4 aromatic rings. The smallest absolute Gasteiger partial charge is 0.276 e. The van der Waals surface area contributed by atoms with Crippen molar-refractivity contribution < 1.29 is 22.5 Å². The van der Waals surface area contributed by atoms with Crippen molar-refractivity contribution in [2.75, 3.05) is 6.54 Å². The molecule has 9 heteroatoms. The topological polar surface area (TPSA) is 64.2 Å². The highest BCUT2D eigenvalue weighted by Gasteiger charge is 2.32. The summed E-state index contributed by atoms with van der Waals surface area (Å²) in [4.78, 5) is 14.7. The lowest BCUT2D eigenvalue weighted by Gasteiger charge is -2.34. The first-order valence-electron chi connectivity index (χ1n) is 9.87. The van der Waals surface area contributed by atoms with E-state index in [9.17, 15) is 18.0 Å². The van der Waals surface area contributed by atoms with Gasteiger partial charge in [-0.1, -0.05) is 11.2 Å². The zero-order valence-corrected chi connectivity index (χ0v) is 16.9. The number of fused-ring (bicyclic) bond motifs is 1. The van der Waals surface area contributed by atoms with E-state index in [0.29, 0.717) is 12.1 Å². The highest BCUT2D eigenvalue weighted by molar-refractivity contribution is 5.93. The summed E-state index contributed by atoms with van der Waals surface area (Å²) < 4.78 is 48.0. The standard InChI is InChI=1S/C23H17F3N4O2/c1-29-10-14(9-27-29)19-12-30(11-13-6-15(24)2-4-17(13)19)23(31)21-8-22(32-28-21)18-5-3-16(25)7-20(18)26/h2-10,19H,11-12H2,1H3. The molecule has 1 aliphatic heterocycles. The van der Waals surface area contributed by atoms with Gasteiger partial charge in [0.25, 0.3) is 5.91 Å². The molecule has 1 atom stereocenters. The van der Waals surface area contributed by atoms with Crippen LogP contribution in [0.15, 0.2) is 59.4 Å². The Morgan fingerprint density at radius 3 is 2.62 bits per heavy atom. The van der Waals surface area contributed by atoms with Gasteiger partial charge in [0.1, 0.15) is 17.5 Å². The quantitative estimate of drug-likeness (QED) is 0.479. The van der Waals surface area contributed by atoms with Crippen molar-refractivity contribution in [1.82, 2.24) is 19.8 Å². The first-order chi connectivity index (χ1) is 15.4. The van der Waals surface area contributed by atoms with Crippen LogP contribution in [0.25, 0.3) is 11.3 Å². The number of aromatic nitrogens is 3. The number of hydrogen-bond donors (Lipinski definition) is 0. The minimum absolute atomic E-state index is 0.00255. The van der Waals surface area contributed by atoms with E-state index in [-0.39, 0.29) is 29.5 Å². The lowest BCUT2D eigenvalue weighted by atomic mass is 9.86. The highest BCUT2D eigenvalue weighted by atomic mass is 19.1. The largest absolute Gasteiger partial charge is 0.355 e. The summed E-state index contributed by atoms with van der Waals surface area (Å²) in [5.74, 6) is -2.55. The van der Waals surface area contributed by atoms with Gasteiger partial charge in [-0.3, -0.25) is 9.48 Å². The van der Waals surface area contributed by atoms with Gasteiger partial charge in [0, 0.05) is 44.4 Å². The average Bonchev–Trinajstić information content (AvgIpc) is 3.41. The van der Waals surface area contributed by atoms with Crippen LogP contribution in [0, 0.1) is 17.5 Å². The van der Waals surface area contributed by atoms with E-state index in [0.717, 1.165) is 23.3 Å². The van der Waals surface area contributed by atoms with E-state index < -0.39 is 23.4 Å². The second kappa shape index (κ2) is 7.67. The third-order valence-electron chi connectivity index (χ3n) is 5.58. The Kier molecular flexibility index (Phi) is 4.80. The van der Waals surface area contributed by atoms with Gasteiger partial charge < -0.3 is 9.42 Å². The van der Waals surface area contributed by atoms with Crippen LogP contribution in [0.2, 0.25) is 0 Å². The van der Waals surface area contributed by atoms with Crippen molar-refractivity contribution in [2.24, 2.45) is 7.05 Å². The second-order valence-electron chi connectivity index (χ2n) is 7.73. The van der Waals surface area contributed by atoms with Crippen LogP contribution in [0.1, 0.15) is 33.1 Å². The number of aryl methyl sites for hydroxylation is 1. The fourth-order valence-electron chi connectivity index (χ4n) is 4.05. The molecule has 0 aliphatic carbocycles. The lowest BCUT2D eigenvalue weighted by Crippen LogP contribution is -2.38. The van der Waals surface area contributed by atoms with E-state index in [2.05, 4.69) is 10.3 Å². The highest BCUT2D eigenvalue weighted by Crippen LogP contribution is 2.35. The van der Waals surface area contributed by atoms with Crippen LogP contribution in [-0.4, -0.2) is 32.3 Å². The second-order valence-corrected chi connectivity index (χ2v) is 7.73. The van der Waals surface area contributed by atoms with Crippen LogP contribution in [-0.2, 0) is 13.6 Å². The molecule has 0 saturated heterocycles. The molecule has 6 nitrogen and oxygen atoms in total. The Hall–Kier alpha value is -3.88. The van der Waals surface area contributed by atoms with Crippen molar-refractivity contribution in [2.45, 2.75) is 12.5 Å². The number of rotatable bonds is 3. The molecule has 1 amide bonds. The molecule has 3 heterocycles. The molecular formula is C23H17F3N4O2. The van der Waals surface area contributed by atoms with Gasteiger partial charge in [0.15, 0.2) is 11.5 Å². The summed E-state index contributed by atoms with van der Waals surface area (Å²) in [6.45, 7) is 0.520. The molecule has 2 aromatic carbocycles. The molecule has 1 unspecified atom stereocenters. The molecule has 5 rings (SSSR count). The molecule has 32 heavy (non-hydrogen) atoms. The first kappa shape index (κ1) is 20.0. The van der Waals surface area contributed by atoms with E-state index in [4.69, 9.17) is 4.52 Å². The van der Waals surface area contributed by atoms with Gasteiger partial charge in [-0.25, -0.2) is 13.2 Å². The number of benzene rings is 2. The average molecular weight is 438 g/mol. The molecule has 0 N–H and O–H groups in total. The first-order valence-corrected chi connectivity index (χ1v) is 9.87. The summed E-state index contributed by atoms with van der Waals surface area (Å²) in [6.07, 6.45) is 3.58. The molecule has 0 saturated carbocycles. The summed E-state index contributed by atoms with van der Waals surface area (Å²) in [7, 11) is 1.80. The molecule has 162 valence electrons. The Balaban J connectivity index is 1.47. The van der Waals surface area contributed by atoms with Crippen LogP contribution >= 0.6 is 0 Å². The molecule has 2 aromatic heterocycles. The van der Waals surface area contributed by atoms with Crippen molar-refractivity contribution in [3.8, 4) is 11.3 Å². The summed E-state index contributed by atoms with van der Waals surface area (Å²) >= 11 is 0. The molecule has 1 aliphatic rings. The number of carbonyl (C=O) groups is 1. The molecule has 0 bridgehead atoms. The van der Waals surface area contributed by atoms with Crippen molar-refractivity contribution >= 4 is 5.91 Å². The Bertz CT molecular complexity index is 1330. The van der Waals surface area contributed by atoms with E-state index >= 15 is 0 Å². The van der Waals surface area contributed by atoms with Gasteiger partial charge >= 0.3 is 0 Å². The Morgan fingerprint density at radius 1 is 1.09 bits per heavy atom. The van der Waals surface area contributed by atoms with Crippen LogP contribution in [0.5, 0.6) is 0 Å². The zero-order chi connectivity index (χ0) is 22.4. The van der Waals surface area contributed by atoms with Crippen LogP contribution in [0.3, 0.4) is 0 Å². The minimum atomic E-state index is -0.820. The van der Waals surface area contributed by atoms with E-state index in [1.807, 2.05) is 6.20 Å². The normalized spacial score (nSPS) is 15.6. The lowest BCUT2D eigenvalue weighted by molar-refractivity contribution is 0.0714. The fraction of sp³-hybridized carbons (Fsp3) is 0.174.